The van der Waals surface area contributed by atoms with Crippen LogP contribution in [0, 0.1) is 0 Å². The second-order valence-corrected chi connectivity index (χ2v) is 4.29. The minimum absolute atomic E-state index is 0.369. The molecule has 96 valence electrons. The molecule has 2 rings (SSSR count). The van der Waals surface area contributed by atoms with Crippen molar-refractivity contribution in [3.63, 3.8) is 0 Å². The Labute approximate surface area is 115 Å². The number of halogens is 2. The van der Waals surface area contributed by atoms with Gasteiger partial charge in [0.2, 0.25) is 0 Å². The lowest BCUT2D eigenvalue weighted by Crippen LogP contribution is -2.08. The molecule has 1 amide bonds. The van der Waals surface area contributed by atoms with E-state index in [4.69, 9.17) is 11.6 Å². The summed E-state index contributed by atoms with van der Waals surface area (Å²) < 4.78 is 13.7. The summed E-state index contributed by atoms with van der Waals surface area (Å²) in [5.41, 5.74) is 0.931. The topological polar surface area (TPSA) is 29.1 Å². The number of rotatable bonds is 3. The molecule has 0 aliphatic heterocycles. The van der Waals surface area contributed by atoms with Gasteiger partial charge in [-0.2, -0.15) is 0 Å². The van der Waals surface area contributed by atoms with Gasteiger partial charge in [0.15, 0.2) is 0 Å². The Morgan fingerprint density at radius 2 is 1.68 bits per heavy atom. The van der Waals surface area contributed by atoms with E-state index in [0.717, 1.165) is 6.08 Å². The summed E-state index contributed by atoms with van der Waals surface area (Å²) in [6, 6.07) is 15.0. The molecule has 0 saturated heterocycles. The zero-order valence-electron chi connectivity index (χ0n) is 9.94. The molecule has 0 spiro atoms. The highest BCUT2D eigenvalue weighted by molar-refractivity contribution is 6.30. The largest absolute Gasteiger partial charge is 0.322 e. The zero-order valence-corrected chi connectivity index (χ0v) is 10.7. The Morgan fingerprint density at radius 3 is 2.32 bits per heavy atom. The Bertz CT molecular complexity index is 593. The maximum atomic E-state index is 13.7. The van der Waals surface area contributed by atoms with Gasteiger partial charge in [-0.15, -0.1) is 0 Å². The predicted molar refractivity (Wildman–Crippen MR) is 75.6 cm³/mol. The number of amides is 1. The van der Waals surface area contributed by atoms with Crippen LogP contribution in [-0.2, 0) is 4.79 Å². The first-order valence-electron chi connectivity index (χ1n) is 5.64. The molecule has 0 fully saturated rings. The van der Waals surface area contributed by atoms with E-state index in [1.165, 1.54) is 0 Å². The van der Waals surface area contributed by atoms with Crippen molar-refractivity contribution in [3.05, 3.63) is 71.3 Å². The lowest BCUT2D eigenvalue weighted by atomic mass is 10.2. The van der Waals surface area contributed by atoms with Crippen molar-refractivity contribution in [2.24, 2.45) is 0 Å². The second kappa shape index (κ2) is 6.16. The van der Waals surface area contributed by atoms with E-state index in [2.05, 4.69) is 5.32 Å². The number of hydrogen-bond acceptors (Lipinski definition) is 1. The quantitative estimate of drug-likeness (QED) is 0.832. The minimum Gasteiger partial charge on any atom is -0.322 e. The first-order valence-corrected chi connectivity index (χ1v) is 6.02. The fraction of sp³-hybridized carbons (Fsp3) is 0. The number of nitrogens with one attached hydrogen (secondary N) is 1. The van der Waals surface area contributed by atoms with E-state index in [1.807, 2.05) is 0 Å². The van der Waals surface area contributed by atoms with Gasteiger partial charge < -0.3 is 5.32 Å². The molecule has 2 nitrogen and oxygen atoms in total. The highest BCUT2D eigenvalue weighted by Gasteiger charge is 2.04. The summed E-state index contributed by atoms with van der Waals surface area (Å²) >= 11 is 5.73. The van der Waals surface area contributed by atoms with Crippen molar-refractivity contribution >= 4 is 29.0 Å². The van der Waals surface area contributed by atoms with Crippen molar-refractivity contribution in [1.29, 1.82) is 0 Å². The van der Waals surface area contributed by atoms with E-state index in [1.54, 1.807) is 54.6 Å². The van der Waals surface area contributed by atoms with Crippen LogP contribution in [0.25, 0.3) is 5.83 Å². The maximum absolute atomic E-state index is 13.7. The standard InChI is InChI=1S/C15H11ClFNO/c16-12-6-8-13(9-7-12)18-15(19)10-14(17)11-4-2-1-3-5-11/h1-10H,(H,18,19)/b14-10+. The Morgan fingerprint density at radius 1 is 1.05 bits per heavy atom. The van der Waals surface area contributed by atoms with E-state index in [9.17, 15) is 9.18 Å². The zero-order chi connectivity index (χ0) is 13.7. The Balaban J connectivity index is 2.07. The van der Waals surface area contributed by atoms with Crippen molar-refractivity contribution in [3.8, 4) is 0 Å². The van der Waals surface area contributed by atoms with E-state index in [-0.39, 0.29) is 0 Å². The Hall–Kier alpha value is -2.13. The third-order valence-corrected chi connectivity index (χ3v) is 2.67. The number of carbonyl (C=O) groups is 1. The van der Waals surface area contributed by atoms with Gasteiger partial charge in [-0.05, 0) is 24.3 Å². The third-order valence-electron chi connectivity index (χ3n) is 2.42. The molecule has 19 heavy (non-hydrogen) atoms. The van der Waals surface area contributed by atoms with Gasteiger partial charge in [0.25, 0.3) is 5.91 Å². The molecule has 0 aliphatic rings. The molecule has 0 atom stereocenters. The molecule has 0 aromatic heterocycles. The molecule has 1 N–H and O–H groups in total. The van der Waals surface area contributed by atoms with Gasteiger partial charge in [-0.1, -0.05) is 41.9 Å². The predicted octanol–water partition coefficient (Wildman–Crippen LogP) is 4.29. The summed E-state index contributed by atoms with van der Waals surface area (Å²) in [5.74, 6) is -1.10. The fourth-order valence-electron chi connectivity index (χ4n) is 1.51. The molecular weight excluding hydrogens is 265 g/mol. The van der Waals surface area contributed by atoms with Crippen LogP contribution in [0.15, 0.2) is 60.7 Å². The lowest BCUT2D eigenvalue weighted by molar-refractivity contribution is -0.111. The van der Waals surface area contributed by atoms with Crippen LogP contribution >= 0.6 is 11.6 Å². The summed E-state index contributed by atoms with van der Waals surface area (Å²) in [5, 5.41) is 3.13. The van der Waals surface area contributed by atoms with Crippen LogP contribution in [0.5, 0.6) is 0 Å². The molecular formula is C15H11ClFNO. The molecule has 0 bridgehead atoms. The molecule has 0 heterocycles. The van der Waals surface area contributed by atoms with Gasteiger partial charge in [-0.3, -0.25) is 4.79 Å². The van der Waals surface area contributed by atoms with Crippen LogP contribution in [0.4, 0.5) is 10.1 Å². The molecule has 0 unspecified atom stereocenters. The van der Waals surface area contributed by atoms with Crippen LogP contribution in [0.2, 0.25) is 5.02 Å². The lowest BCUT2D eigenvalue weighted by Gasteiger charge is -2.02. The van der Waals surface area contributed by atoms with Gasteiger partial charge in [0.05, 0.1) is 0 Å². The first kappa shape index (κ1) is 13.3. The smallest absolute Gasteiger partial charge is 0.251 e. The van der Waals surface area contributed by atoms with Crippen LogP contribution < -0.4 is 5.32 Å². The van der Waals surface area contributed by atoms with Crippen molar-refractivity contribution in [1.82, 2.24) is 0 Å². The highest BCUT2D eigenvalue weighted by atomic mass is 35.5. The molecule has 0 saturated carbocycles. The number of hydrogen-bond donors (Lipinski definition) is 1. The SMILES string of the molecule is O=C(/C=C(/F)c1ccccc1)Nc1ccc(Cl)cc1. The average Bonchev–Trinajstić information content (AvgIpc) is 2.42. The average molecular weight is 276 g/mol. The minimum atomic E-state index is -0.577. The Kier molecular flexibility index (Phi) is 4.31. The van der Waals surface area contributed by atoms with E-state index < -0.39 is 11.7 Å². The maximum Gasteiger partial charge on any atom is 0.251 e. The fourth-order valence-corrected chi connectivity index (χ4v) is 1.63. The van der Waals surface area contributed by atoms with Crippen molar-refractivity contribution in [2.75, 3.05) is 5.32 Å². The monoisotopic (exact) mass is 275 g/mol. The number of anilines is 1. The number of carbonyl (C=O) groups excluding carboxylic acids is 1. The normalized spacial score (nSPS) is 11.2. The molecule has 4 heteroatoms. The molecule has 0 aliphatic carbocycles. The van der Waals surface area contributed by atoms with Gasteiger partial charge in [0, 0.05) is 22.3 Å². The van der Waals surface area contributed by atoms with Gasteiger partial charge >= 0.3 is 0 Å². The van der Waals surface area contributed by atoms with Crippen LogP contribution in [0.3, 0.4) is 0 Å². The van der Waals surface area contributed by atoms with Gasteiger partial charge in [0.1, 0.15) is 5.83 Å². The summed E-state index contributed by atoms with van der Waals surface area (Å²) in [6.07, 6.45) is 0.921. The van der Waals surface area contributed by atoms with Crippen molar-refractivity contribution in [2.45, 2.75) is 0 Å². The molecule has 0 radical (unpaired) electrons. The molecule has 2 aromatic rings. The summed E-state index contributed by atoms with van der Waals surface area (Å²) in [4.78, 5) is 11.6. The van der Waals surface area contributed by atoms with E-state index >= 15 is 0 Å². The number of benzene rings is 2. The third kappa shape index (κ3) is 3.93. The summed E-state index contributed by atoms with van der Waals surface area (Å²) in [6.45, 7) is 0. The summed E-state index contributed by atoms with van der Waals surface area (Å²) in [7, 11) is 0. The van der Waals surface area contributed by atoms with Gasteiger partial charge in [-0.25, -0.2) is 4.39 Å². The molecule has 2 aromatic carbocycles. The van der Waals surface area contributed by atoms with Crippen LogP contribution in [-0.4, -0.2) is 5.91 Å². The van der Waals surface area contributed by atoms with Crippen molar-refractivity contribution < 1.29 is 9.18 Å². The van der Waals surface area contributed by atoms with E-state index in [0.29, 0.717) is 16.3 Å². The second-order valence-electron chi connectivity index (χ2n) is 3.85. The highest BCUT2D eigenvalue weighted by Crippen LogP contribution is 2.16. The first-order chi connectivity index (χ1) is 9.15. The van der Waals surface area contributed by atoms with Crippen LogP contribution in [0.1, 0.15) is 5.56 Å².